The minimum Gasteiger partial charge on any atom is -0.494 e. The lowest BCUT2D eigenvalue weighted by molar-refractivity contribution is 0.416. The quantitative estimate of drug-likeness (QED) is 0.491. The van der Waals surface area contributed by atoms with Crippen LogP contribution in [-0.2, 0) is 0 Å². The van der Waals surface area contributed by atoms with E-state index in [1.165, 1.54) is 0 Å². The van der Waals surface area contributed by atoms with Crippen molar-refractivity contribution in [2.75, 3.05) is 7.11 Å². The zero-order valence-electron chi connectivity index (χ0n) is 11.9. The zero-order chi connectivity index (χ0) is 15.7. The highest BCUT2D eigenvalue weighted by molar-refractivity contribution is 6.06. The molecule has 7 heteroatoms. The van der Waals surface area contributed by atoms with Gasteiger partial charge in [0.2, 0.25) is 5.96 Å². The Balaban J connectivity index is 2.22. The molecular weight excluding hydrogens is 282 g/mol. The Hall–Kier alpha value is -3.22. The number of fused-ring (bicyclic) bond motifs is 3. The average Bonchev–Trinajstić information content (AvgIpc) is 2.82. The van der Waals surface area contributed by atoms with E-state index in [1.807, 2.05) is 30.3 Å². The SMILES string of the molecule is COc1cc2c(cc1N=C(N)N=C(N)N)oc1ccccc12. The fourth-order valence-electron chi connectivity index (χ4n) is 2.27. The van der Waals surface area contributed by atoms with Crippen LogP contribution in [0.3, 0.4) is 0 Å². The van der Waals surface area contributed by atoms with Crippen molar-refractivity contribution in [3.05, 3.63) is 36.4 Å². The van der Waals surface area contributed by atoms with Crippen molar-refractivity contribution in [1.82, 2.24) is 0 Å². The maximum Gasteiger partial charge on any atom is 0.223 e. The number of hydrogen-bond donors (Lipinski definition) is 3. The van der Waals surface area contributed by atoms with Crippen molar-refractivity contribution in [3.63, 3.8) is 0 Å². The number of hydrogen-bond acceptors (Lipinski definition) is 3. The molecule has 3 aromatic rings. The van der Waals surface area contributed by atoms with E-state index in [1.54, 1.807) is 13.2 Å². The molecule has 0 spiro atoms. The predicted octanol–water partition coefficient (Wildman–Crippen LogP) is 1.81. The molecule has 2 aromatic carbocycles. The number of para-hydroxylation sites is 1. The molecule has 0 saturated carbocycles. The van der Waals surface area contributed by atoms with Gasteiger partial charge in [-0.05, 0) is 12.1 Å². The number of furan rings is 1. The number of guanidine groups is 2. The summed E-state index contributed by atoms with van der Waals surface area (Å²) < 4.78 is 11.2. The van der Waals surface area contributed by atoms with E-state index < -0.39 is 0 Å². The van der Waals surface area contributed by atoms with Crippen LogP contribution in [0.25, 0.3) is 21.9 Å². The van der Waals surface area contributed by atoms with E-state index in [0.717, 1.165) is 16.4 Å². The maximum atomic E-state index is 5.80. The van der Waals surface area contributed by atoms with Gasteiger partial charge in [-0.1, -0.05) is 18.2 Å². The van der Waals surface area contributed by atoms with Crippen LogP contribution in [0.1, 0.15) is 0 Å². The number of rotatable bonds is 2. The molecule has 0 aliphatic carbocycles. The number of nitrogens with two attached hydrogens (primary N) is 3. The largest absolute Gasteiger partial charge is 0.494 e. The molecule has 0 atom stereocenters. The van der Waals surface area contributed by atoms with Crippen LogP contribution in [0.5, 0.6) is 5.75 Å². The number of ether oxygens (including phenoxy) is 1. The Labute approximate surface area is 126 Å². The smallest absolute Gasteiger partial charge is 0.223 e. The fourth-order valence-corrected chi connectivity index (χ4v) is 2.27. The van der Waals surface area contributed by atoms with Crippen molar-refractivity contribution in [2.45, 2.75) is 0 Å². The number of aliphatic imine (C=N–C) groups is 2. The van der Waals surface area contributed by atoms with Gasteiger partial charge in [0.25, 0.3) is 0 Å². The normalized spacial score (nSPS) is 11.8. The van der Waals surface area contributed by atoms with Gasteiger partial charge in [0, 0.05) is 16.8 Å². The number of methoxy groups -OCH3 is 1. The molecule has 0 bridgehead atoms. The second-order valence-corrected chi connectivity index (χ2v) is 4.63. The van der Waals surface area contributed by atoms with Crippen LogP contribution in [0.15, 0.2) is 50.8 Å². The van der Waals surface area contributed by atoms with E-state index in [0.29, 0.717) is 17.0 Å². The van der Waals surface area contributed by atoms with Crippen LogP contribution < -0.4 is 21.9 Å². The van der Waals surface area contributed by atoms with Gasteiger partial charge in [-0.25, -0.2) is 4.99 Å². The summed E-state index contributed by atoms with van der Waals surface area (Å²) in [6.45, 7) is 0. The van der Waals surface area contributed by atoms with Crippen molar-refractivity contribution < 1.29 is 9.15 Å². The van der Waals surface area contributed by atoms with E-state index in [-0.39, 0.29) is 11.9 Å². The second kappa shape index (κ2) is 5.28. The standard InChI is InChI=1S/C15H15N5O2/c1-21-13-6-9-8-4-2-3-5-11(8)22-12(9)7-10(13)19-15(18)20-14(16)17/h2-7H,1H3,(H6,16,17,18,19,20). The predicted molar refractivity (Wildman–Crippen MR) is 87.4 cm³/mol. The summed E-state index contributed by atoms with van der Waals surface area (Å²) in [6, 6.07) is 11.3. The monoisotopic (exact) mass is 297 g/mol. The van der Waals surface area contributed by atoms with E-state index in [4.69, 9.17) is 26.4 Å². The molecule has 1 heterocycles. The minimum absolute atomic E-state index is 0.0613. The minimum atomic E-state index is -0.162. The Morgan fingerprint density at radius 3 is 2.55 bits per heavy atom. The summed E-state index contributed by atoms with van der Waals surface area (Å²) in [5.41, 5.74) is 18.2. The third kappa shape index (κ3) is 2.39. The lowest BCUT2D eigenvalue weighted by Gasteiger charge is -2.04. The molecule has 0 aliphatic rings. The first-order valence-corrected chi connectivity index (χ1v) is 6.51. The summed E-state index contributed by atoms with van der Waals surface area (Å²) in [4.78, 5) is 7.84. The Kier molecular flexibility index (Phi) is 3.30. The Morgan fingerprint density at radius 2 is 1.82 bits per heavy atom. The van der Waals surface area contributed by atoms with Crippen LogP contribution in [0.4, 0.5) is 5.69 Å². The summed E-state index contributed by atoms with van der Waals surface area (Å²) in [7, 11) is 1.55. The topological polar surface area (TPSA) is 125 Å². The molecule has 22 heavy (non-hydrogen) atoms. The molecule has 112 valence electrons. The van der Waals surface area contributed by atoms with Crippen molar-refractivity contribution in [2.24, 2.45) is 27.2 Å². The van der Waals surface area contributed by atoms with Crippen molar-refractivity contribution in [1.29, 1.82) is 0 Å². The van der Waals surface area contributed by atoms with Crippen LogP contribution >= 0.6 is 0 Å². The number of nitrogens with zero attached hydrogens (tertiary/aromatic N) is 2. The highest BCUT2D eigenvalue weighted by Crippen LogP contribution is 2.37. The van der Waals surface area contributed by atoms with Gasteiger partial charge in [-0.2, -0.15) is 4.99 Å². The van der Waals surface area contributed by atoms with Gasteiger partial charge in [0.1, 0.15) is 22.6 Å². The Morgan fingerprint density at radius 1 is 1.05 bits per heavy atom. The summed E-state index contributed by atoms with van der Waals surface area (Å²) in [5, 5.41) is 1.94. The van der Waals surface area contributed by atoms with E-state index in [2.05, 4.69) is 9.98 Å². The molecule has 0 radical (unpaired) electrons. The molecule has 0 fully saturated rings. The van der Waals surface area contributed by atoms with Crippen molar-refractivity contribution in [3.8, 4) is 5.75 Å². The van der Waals surface area contributed by atoms with Crippen molar-refractivity contribution >= 4 is 39.5 Å². The van der Waals surface area contributed by atoms with Crippen LogP contribution in [-0.4, -0.2) is 19.0 Å². The molecule has 0 saturated heterocycles. The molecule has 0 amide bonds. The van der Waals surface area contributed by atoms with Gasteiger partial charge in [0.05, 0.1) is 7.11 Å². The molecule has 1 aromatic heterocycles. The Bertz CT molecular complexity index is 907. The van der Waals surface area contributed by atoms with Gasteiger partial charge >= 0.3 is 0 Å². The molecule has 3 rings (SSSR count). The van der Waals surface area contributed by atoms with E-state index >= 15 is 0 Å². The highest BCUT2D eigenvalue weighted by atomic mass is 16.5. The fraction of sp³-hybridized carbons (Fsp3) is 0.0667. The first-order chi connectivity index (χ1) is 10.6. The summed E-state index contributed by atoms with van der Waals surface area (Å²) in [5.74, 6) is 0.326. The molecule has 0 unspecified atom stereocenters. The lowest BCUT2D eigenvalue weighted by Crippen LogP contribution is -2.26. The maximum absolute atomic E-state index is 5.80. The van der Waals surface area contributed by atoms with Gasteiger partial charge < -0.3 is 26.4 Å². The van der Waals surface area contributed by atoms with Crippen LogP contribution in [0.2, 0.25) is 0 Å². The number of benzene rings is 2. The highest BCUT2D eigenvalue weighted by Gasteiger charge is 2.12. The molecule has 0 aliphatic heterocycles. The van der Waals surface area contributed by atoms with Gasteiger partial charge in [0.15, 0.2) is 5.96 Å². The summed E-state index contributed by atoms with van der Waals surface area (Å²) >= 11 is 0. The molecule has 7 nitrogen and oxygen atoms in total. The summed E-state index contributed by atoms with van der Waals surface area (Å²) in [6.07, 6.45) is 0. The van der Waals surface area contributed by atoms with Crippen LogP contribution in [0, 0.1) is 0 Å². The third-order valence-electron chi connectivity index (χ3n) is 3.16. The first-order valence-electron chi connectivity index (χ1n) is 6.51. The van der Waals surface area contributed by atoms with E-state index in [9.17, 15) is 0 Å². The molecular formula is C15H15N5O2. The second-order valence-electron chi connectivity index (χ2n) is 4.63. The average molecular weight is 297 g/mol. The first kappa shape index (κ1) is 13.7. The lowest BCUT2D eigenvalue weighted by atomic mass is 10.1. The van der Waals surface area contributed by atoms with Gasteiger partial charge in [-0.15, -0.1) is 0 Å². The molecule has 6 N–H and O–H groups in total. The van der Waals surface area contributed by atoms with Gasteiger partial charge in [-0.3, -0.25) is 0 Å². The third-order valence-corrected chi connectivity index (χ3v) is 3.16. The zero-order valence-corrected chi connectivity index (χ0v) is 11.9.